The van der Waals surface area contributed by atoms with Gasteiger partial charge in [-0.2, -0.15) is 0 Å². The lowest BCUT2D eigenvalue weighted by Crippen LogP contribution is -2.24. The zero-order chi connectivity index (χ0) is 19.4. The monoisotopic (exact) mass is 365 g/mol. The van der Waals surface area contributed by atoms with Crippen molar-refractivity contribution in [2.45, 2.75) is 19.8 Å². The summed E-state index contributed by atoms with van der Waals surface area (Å²) in [4.78, 5) is 35.9. The number of carbonyl (C=O) groups excluding carboxylic acids is 2. The van der Waals surface area contributed by atoms with E-state index in [1.165, 1.54) is 18.2 Å². The molecule has 1 heterocycles. The lowest BCUT2D eigenvalue weighted by Gasteiger charge is -2.19. The van der Waals surface area contributed by atoms with Gasteiger partial charge in [-0.3, -0.25) is 19.7 Å². The van der Waals surface area contributed by atoms with Gasteiger partial charge in [-0.25, -0.2) is 0 Å². The fourth-order valence-corrected chi connectivity index (χ4v) is 3.00. The van der Waals surface area contributed by atoms with Crippen molar-refractivity contribution in [3.8, 4) is 0 Å². The van der Waals surface area contributed by atoms with Gasteiger partial charge in [0.25, 0.3) is 5.69 Å². The third kappa shape index (κ3) is 4.38. The zero-order valence-electron chi connectivity index (χ0n) is 14.8. The lowest BCUT2D eigenvalue weighted by molar-refractivity contribution is -0.384. The number of hydrogen-bond acceptors (Lipinski definition) is 4. The highest BCUT2D eigenvalue weighted by Crippen LogP contribution is 2.27. The summed E-state index contributed by atoms with van der Waals surface area (Å²) < 4.78 is 0. The van der Waals surface area contributed by atoms with Crippen molar-refractivity contribution in [3.63, 3.8) is 0 Å². The number of nitrogens with one attached hydrogen (secondary N) is 1. The van der Waals surface area contributed by atoms with Crippen LogP contribution in [-0.2, 0) is 9.59 Å². The van der Waals surface area contributed by atoms with Crippen LogP contribution < -0.4 is 10.2 Å². The number of nitrogens with zero attached hydrogens (tertiary/aromatic N) is 2. The zero-order valence-corrected chi connectivity index (χ0v) is 14.8. The van der Waals surface area contributed by atoms with Gasteiger partial charge in [0.05, 0.1) is 4.92 Å². The molecule has 1 aliphatic heterocycles. The van der Waals surface area contributed by atoms with Crippen molar-refractivity contribution in [3.05, 3.63) is 69.8 Å². The maximum atomic E-state index is 12.1. The molecule has 0 aromatic heterocycles. The van der Waals surface area contributed by atoms with Crippen LogP contribution in [0.1, 0.15) is 24.0 Å². The van der Waals surface area contributed by atoms with Crippen LogP contribution in [0.15, 0.2) is 48.5 Å². The third-order valence-corrected chi connectivity index (χ3v) is 4.36. The molecule has 7 heteroatoms. The van der Waals surface area contributed by atoms with Crippen LogP contribution >= 0.6 is 0 Å². The molecule has 1 saturated heterocycles. The number of rotatable bonds is 5. The topological polar surface area (TPSA) is 92.5 Å². The van der Waals surface area contributed by atoms with Gasteiger partial charge in [-0.1, -0.05) is 0 Å². The number of aryl methyl sites for hydroxylation is 1. The van der Waals surface area contributed by atoms with Gasteiger partial charge in [0.15, 0.2) is 0 Å². The Kier molecular flexibility index (Phi) is 5.30. The highest BCUT2D eigenvalue weighted by atomic mass is 16.6. The number of carbonyl (C=O) groups is 2. The van der Waals surface area contributed by atoms with Crippen molar-refractivity contribution in [1.29, 1.82) is 0 Å². The summed E-state index contributed by atoms with van der Waals surface area (Å²) in [5, 5.41) is 13.4. The average Bonchev–Trinajstić information content (AvgIpc) is 3.06. The van der Waals surface area contributed by atoms with E-state index in [4.69, 9.17) is 0 Å². The predicted molar refractivity (Wildman–Crippen MR) is 104 cm³/mol. The van der Waals surface area contributed by atoms with Gasteiger partial charge in [0.2, 0.25) is 11.8 Å². The van der Waals surface area contributed by atoms with Crippen LogP contribution in [0.2, 0.25) is 0 Å². The van der Waals surface area contributed by atoms with E-state index in [-0.39, 0.29) is 17.5 Å². The molecule has 0 saturated carbocycles. The SMILES string of the molecule is Cc1cc(NC(=O)/C=C/c2ccc([N+](=O)[O-])cc2)ccc1N1CCCC1=O. The summed E-state index contributed by atoms with van der Waals surface area (Å²) in [5.74, 6) is -0.182. The first kappa shape index (κ1) is 18.3. The Balaban J connectivity index is 1.64. The van der Waals surface area contributed by atoms with Crippen molar-refractivity contribution in [2.75, 3.05) is 16.8 Å². The molecule has 0 spiro atoms. The lowest BCUT2D eigenvalue weighted by atomic mass is 10.1. The van der Waals surface area contributed by atoms with Gasteiger partial charge in [0.1, 0.15) is 0 Å². The molecule has 0 radical (unpaired) electrons. The van der Waals surface area contributed by atoms with Crippen molar-refractivity contribution >= 4 is 35.0 Å². The fraction of sp³-hybridized carbons (Fsp3) is 0.200. The Bertz CT molecular complexity index is 919. The van der Waals surface area contributed by atoms with Gasteiger partial charge >= 0.3 is 0 Å². The highest BCUT2D eigenvalue weighted by molar-refractivity contribution is 6.02. The first-order valence-corrected chi connectivity index (χ1v) is 8.58. The number of non-ortho nitro benzene ring substituents is 1. The molecule has 27 heavy (non-hydrogen) atoms. The minimum atomic E-state index is -0.470. The average molecular weight is 365 g/mol. The quantitative estimate of drug-likeness (QED) is 0.497. The van der Waals surface area contributed by atoms with Crippen LogP contribution in [0.25, 0.3) is 6.08 Å². The van der Waals surface area contributed by atoms with E-state index >= 15 is 0 Å². The molecule has 1 aliphatic rings. The van der Waals surface area contributed by atoms with Gasteiger partial charge in [-0.15, -0.1) is 0 Å². The molecule has 2 amide bonds. The van der Waals surface area contributed by atoms with E-state index in [2.05, 4.69) is 5.32 Å². The molecule has 2 aromatic rings. The first-order chi connectivity index (χ1) is 12.9. The maximum absolute atomic E-state index is 12.1. The fourth-order valence-electron chi connectivity index (χ4n) is 3.00. The summed E-state index contributed by atoms with van der Waals surface area (Å²) in [5.41, 5.74) is 3.12. The Labute approximate surface area is 156 Å². The second-order valence-electron chi connectivity index (χ2n) is 6.32. The second-order valence-corrected chi connectivity index (χ2v) is 6.32. The molecule has 3 rings (SSSR count). The normalized spacial score (nSPS) is 14.0. The van der Waals surface area contributed by atoms with E-state index in [1.54, 1.807) is 29.2 Å². The largest absolute Gasteiger partial charge is 0.323 e. The molecule has 0 atom stereocenters. The van der Waals surface area contributed by atoms with E-state index < -0.39 is 4.92 Å². The summed E-state index contributed by atoms with van der Waals surface area (Å²) in [6.07, 6.45) is 4.40. The number of nitro benzene ring substituents is 1. The minimum absolute atomic E-state index is 0.00338. The summed E-state index contributed by atoms with van der Waals surface area (Å²) in [6, 6.07) is 11.4. The minimum Gasteiger partial charge on any atom is -0.323 e. The molecule has 0 aliphatic carbocycles. The van der Waals surface area contributed by atoms with Crippen molar-refractivity contribution in [2.24, 2.45) is 0 Å². The molecule has 0 bridgehead atoms. The number of amides is 2. The molecule has 1 N–H and O–H groups in total. The molecule has 2 aromatic carbocycles. The molecule has 0 unspecified atom stereocenters. The number of benzene rings is 2. The summed E-state index contributed by atoms with van der Waals surface area (Å²) in [6.45, 7) is 2.63. The molecule has 1 fully saturated rings. The predicted octanol–water partition coefficient (Wildman–Crippen LogP) is 3.68. The highest BCUT2D eigenvalue weighted by Gasteiger charge is 2.22. The van der Waals surface area contributed by atoms with Crippen LogP contribution in [0.4, 0.5) is 17.1 Å². The van der Waals surface area contributed by atoms with E-state index in [0.29, 0.717) is 17.7 Å². The molecular weight excluding hydrogens is 346 g/mol. The van der Waals surface area contributed by atoms with Crippen LogP contribution in [0.5, 0.6) is 0 Å². The third-order valence-electron chi connectivity index (χ3n) is 4.36. The maximum Gasteiger partial charge on any atom is 0.269 e. The van der Waals surface area contributed by atoms with Crippen LogP contribution in [0.3, 0.4) is 0 Å². The Morgan fingerprint density at radius 1 is 1.22 bits per heavy atom. The van der Waals surface area contributed by atoms with Crippen molar-refractivity contribution < 1.29 is 14.5 Å². The van der Waals surface area contributed by atoms with Crippen LogP contribution in [0, 0.1) is 17.0 Å². The van der Waals surface area contributed by atoms with E-state index in [1.807, 2.05) is 19.1 Å². The number of nitro groups is 1. The Hall–Kier alpha value is -3.48. The first-order valence-electron chi connectivity index (χ1n) is 8.58. The van der Waals surface area contributed by atoms with Gasteiger partial charge < -0.3 is 10.2 Å². The van der Waals surface area contributed by atoms with E-state index in [9.17, 15) is 19.7 Å². The number of hydrogen-bond donors (Lipinski definition) is 1. The molecule has 7 nitrogen and oxygen atoms in total. The van der Waals surface area contributed by atoms with Gasteiger partial charge in [-0.05, 0) is 60.9 Å². The number of anilines is 2. The molecule has 138 valence electrons. The van der Waals surface area contributed by atoms with Crippen molar-refractivity contribution in [1.82, 2.24) is 0 Å². The smallest absolute Gasteiger partial charge is 0.269 e. The molecular formula is C20H19N3O4. The summed E-state index contributed by atoms with van der Waals surface area (Å²) in [7, 11) is 0. The Morgan fingerprint density at radius 3 is 2.56 bits per heavy atom. The Morgan fingerprint density at radius 2 is 1.96 bits per heavy atom. The summed E-state index contributed by atoms with van der Waals surface area (Å²) >= 11 is 0. The van der Waals surface area contributed by atoms with Crippen LogP contribution in [-0.4, -0.2) is 23.3 Å². The second kappa shape index (κ2) is 7.82. The standard InChI is InChI=1S/C20H19N3O4/c1-14-13-16(7-10-18(14)22-12-2-3-20(22)25)21-19(24)11-6-15-4-8-17(9-5-15)23(26)27/h4-11,13H,2-3,12H2,1H3,(H,21,24)/b11-6+. The van der Waals surface area contributed by atoms with Gasteiger partial charge in [0, 0.05) is 42.5 Å². The van der Waals surface area contributed by atoms with E-state index in [0.717, 1.165) is 24.2 Å².